The molecule has 6 nitrogen and oxygen atoms in total. The number of quaternary nitrogens is 1. The molecular formula is C22H28N3O3+. The highest BCUT2D eigenvalue weighted by Gasteiger charge is 2.28. The van der Waals surface area contributed by atoms with E-state index in [0.29, 0.717) is 11.4 Å². The van der Waals surface area contributed by atoms with E-state index in [0.717, 1.165) is 32.7 Å². The van der Waals surface area contributed by atoms with Crippen LogP contribution in [0.3, 0.4) is 0 Å². The van der Waals surface area contributed by atoms with Crippen LogP contribution >= 0.6 is 0 Å². The minimum Gasteiger partial charge on any atom is -0.481 e. The lowest BCUT2D eigenvalue weighted by Gasteiger charge is -2.33. The van der Waals surface area contributed by atoms with Crippen LogP contribution in [0.1, 0.15) is 19.4 Å². The standard InChI is InChI=1S/C22H27N3O3/c1-17(28-21-10-6-9-20(15-21)23-18(2)26)22(27)25-13-11-24(12-14-25)16-19-7-4-3-5-8-19/h3-10,15,17H,11-14,16H2,1-2H3,(H,23,26)/p+1/t17-/m0/s1. The van der Waals surface area contributed by atoms with Gasteiger partial charge in [-0.3, -0.25) is 9.59 Å². The van der Waals surface area contributed by atoms with E-state index in [2.05, 4.69) is 29.6 Å². The van der Waals surface area contributed by atoms with Gasteiger partial charge in [-0.1, -0.05) is 36.4 Å². The topological polar surface area (TPSA) is 63.1 Å². The molecule has 2 amide bonds. The molecule has 1 aliphatic heterocycles. The normalized spacial score (nSPS) is 15.7. The third kappa shape index (κ3) is 5.57. The highest BCUT2D eigenvalue weighted by atomic mass is 16.5. The molecule has 0 aromatic heterocycles. The van der Waals surface area contributed by atoms with E-state index in [1.165, 1.54) is 17.4 Å². The summed E-state index contributed by atoms with van der Waals surface area (Å²) in [5.41, 5.74) is 1.98. The first kappa shape index (κ1) is 19.9. The van der Waals surface area contributed by atoms with Gasteiger partial charge in [0.2, 0.25) is 5.91 Å². The first-order chi connectivity index (χ1) is 13.5. The van der Waals surface area contributed by atoms with Crippen LogP contribution in [0.2, 0.25) is 0 Å². The van der Waals surface area contributed by atoms with Crippen molar-refractivity contribution in [1.82, 2.24) is 4.90 Å². The maximum Gasteiger partial charge on any atom is 0.263 e. The van der Waals surface area contributed by atoms with Crippen molar-refractivity contribution in [3.63, 3.8) is 0 Å². The lowest BCUT2D eigenvalue weighted by Crippen LogP contribution is -3.13. The monoisotopic (exact) mass is 382 g/mol. The van der Waals surface area contributed by atoms with Crippen molar-refractivity contribution in [2.75, 3.05) is 31.5 Å². The van der Waals surface area contributed by atoms with Gasteiger partial charge in [-0.25, -0.2) is 0 Å². The van der Waals surface area contributed by atoms with Crippen LogP contribution in [0.25, 0.3) is 0 Å². The van der Waals surface area contributed by atoms with Crippen LogP contribution < -0.4 is 15.0 Å². The predicted octanol–water partition coefficient (Wildman–Crippen LogP) is 1.34. The van der Waals surface area contributed by atoms with Crippen molar-refractivity contribution in [1.29, 1.82) is 0 Å². The first-order valence-corrected chi connectivity index (χ1v) is 9.72. The molecule has 2 N–H and O–H groups in total. The fraction of sp³-hybridized carbons (Fsp3) is 0.364. The van der Waals surface area contributed by atoms with E-state index in [4.69, 9.17) is 4.74 Å². The zero-order valence-corrected chi connectivity index (χ0v) is 16.5. The van der Waals surface area contributed by atoms with Crippen LogP contribution in [0, 0.1) is 0 Å². The van der Waals surface area contributed by atoms with E-state index in [-0.39, 0.29) is 11.8 Å². The molecule has 0 spiro atoms. The van der Waals surface area contributed by atoms with Crippen molar-refractivity contribution in [2.45, 2.75) is 26.5 Å². The lowest BCUT2D eigenvalue weighted by molar-refractivity contribution is -0.917. The van der Waals surface area contributed by atoms with Crippen molar-refractivity contribution in [3.8, 4) is 5.75 Å². The zero-order valence-electron chi connectivity index (χ0n) is 16.5. The highest BCUT2D eigenvalue weighted by molar-refractivity contribution is 5.88. The third-order valence-electron chi connectivity index (χ3n) is 4.89. The van der Waals surface area contributed by atoms with Gasteiger partial charge >= 0.3 is 0 Å². The van der Waals surface area contributed by atoms with Crippen LogP contribution in [-0.2, 0) is 16.1 Å². The number of nitrogens with zero attached hydrogens (tertiary/aromatic N) is 1. The van der Waals surface area contributed by atoms with Gasteiger partial charge in [-0.2, -0.15) is 0 Å². The van der Waals surface area contributed by atoms with Gasteiger partial charge in [-0.15, -0.1) is 0 Å². The van der Waals surface area contributed by atoms with Gasteiger partial charge in [-0.05, 0) is 19.1 Å². The van der Waals surface area contributed by atoms with E-state index in [1.807, 2.05) is 11.0 Å². The van der Waals surface area contributed by atoms with E-state index in [1.54, 1.807) is 31.2 Å². The van der Waals surface area contributed by atoms with Gasteiger partial charge in [0.25, 0.3) is 5.91 Å². The molecule has 6 heteroatoms. The van der Waals surface area contributed by atoms with E-state index >= 15 is 0 Å². The average molecular weight is 382 g/mol. The smallest absolute Gasteiger partial charge is 0.263 e. The molecule has 2 aromatic rings. The number of carbonyl (C=O) groups is 2. The molecule has 1 heterocycles. The molecule has 1 saturated heterocycles. The number of hydrogen-bond donors (Lipinski definition) is 2. The maximum absolute atomic E-state index is 12.8. The Bertz CT molecular complexity index is 802. The quantitative estimate of drug-likeness (QED) is 0.793. The van der Waals surface area contributed by atoms with Gasteiger partial charge < -0.3 is 19.9 Å². The van der Waals surface area contributed by atoms with Crippen LogP contribution in [-0.4, -0.2) is 49.0 Å². The summed E-state index contributed by atoms with van der Waals surface area (Å²) in [6.45, 7) is 7.57. The number of rotatable bonds is 6. The maximum atomic E-state index is 12.8. The second-order valence-electron chi connectivity index (χ2n) is 7.21. The zero-order chi connectivity index (χ0) is 19.9. The molecule has 2 aromatic carbocycles. The van der Waals surface area contributed by atoms with Crippen molar-refractivity contribution in [3.05, 3.63) is 60.2 Å². The summed E-state index contributed by atoms with van der Waals surface area (Å²) >= 11 is 0. The van der Waals surface area contributed by atoms with Crippen LogP contribution in [0.4, 0.5) is 5.69 Å². The lowest BCUT2D eigenvalue weighted by atomic mass is 10.2. The van der Waals surface area contributed by atoms with Gasteiger partial charge in [0.05, 0.1) is 26.2 Å². The number of hydrogen-bond acceptors (Lipinski definition) is 3. The summed E-state index contributed by atoms with van der Waals surface area (Å²) < 4.78 is 5.82. The molecule has 0 aliphatic carbocycles. The van der Waals surface area contributed by atoms with Gasteiger partial charge in [0.15, 0.2) is 6.10 Å². The molecule has 1 fully saturated rings. The Morgan fingerprint density at radius 1 is 1.11 bits per heavy atom. The Morgan fingerprint density at radius 2 is 1.82 bits per heavy atom. The molecule has 3 rings (SSSR count). The highest BCUT2D eigenvalue weighted by Crippen LogP contribution is 2.19. The number of amides is 2. The number of ether oxygens (including phenoxy) is 1. The average Bonchev–Trinajstić information content (AvgIpc) is 2.68. The van der Waals surface area contributed by atoms with Crippen molar-refractivity contribution >= 4 is 17.5 Å². The number of benzene rings is 2. The molecule has 28 heavy (non-hydrogen) atoms. The van der Waals surface area contributed by atoms with Crippen molar-refractivity contribution in [2.24, 2.45) is 0 Å². The Morgan fingerprint density at radius 3 is 2.50 bits per heavy atom. The molecule has 0 saturated carbocycles. The third-order valence-corrected chi connectivity index (χ3v) is 4.89. The van der Waals surface area contributed by atoms with Crippen LogP contribution in [0.15, 0.2) is 54.6 Å². The summed E-state index contributed by atoms with van der Waals surface area (Å²) in [4.78, 5) is 27.3. The largest absolute Gasteiger partial charge is 0.481 e. The summed E-state index contributed by atoms with van der Waals surface area (Å²) in [6, 6.07) is 17.6. The van der Waals surface area contributed by atoms with Crippen LogP contribution in [0.5, 0.6) is 5.75 Å². The van der Waals surface area contributed by atoms with E-state index < -0.39 is 6.10 Å². The number of piperazine rings is 1. The first-order valence-electron chi connectivity index (χ1n) is 9.72. The van der Waals surface area contributed by atoms with E-state index in [9.17, 15) is 9.59 Å². The minimum atomic E-state index is -0.566. The fourth-order valence-corrected chi connectivity index (χ4v) is 3.47. The van der Waals surface area contributed by atoms with Gasteiger partial charge in [0.1, 0.15) is 12.3 Å². The molecule has 0 bridgehead atoms. The predicted molar refractivity (Wildman–Crippen MR) is 108 cm³/mol. The second-order valence-corrected chi connectivity index (χ2v) is 7.21. The van der Waals surface area contributed by atoms with Gasteiger partial charge in [0, 0.05) is 24.2 Å². The molecular weight excluding hydrogens is 354 g/mol. The summed E-state index contributed by atoms with van der Waals surface area (Å²) in [7, 11) is 0. The summed E-state index contributed by atoms with van der Waals surface area (Å²) in [5.74, 6) is 0.432. The molecule has 0 radical (unpaired) electrons. The summed E-state index contributed by atoms with van der Waals surface area (Å²) in [6.07, 6.45) is -0.566. The Labute approximate surface area is 166 Å². The Balaban J connectivity index is 1.50. The molecule has 0 unspecified atom stereocenters. The Kier molecular flexibility index (Phi) is 6.66. The molecule has 1 atom stereocenters. The number of carbonyl (C=O) groups excluding carboxylic acids is 2. The number of nitrogens with one attached hydrogen (secondary N) is 2. The second kappa shape index (κ2) is 9.37. The summed E-state index contributed by atoms with van der Waals surface area (Å²) in [5, 5.41) is 2.72. The fourth-order valence-electron chi connectivity index (χ4n) is 3.47. The Hall–Kier alpha value is -2.86. The number of anilines is 1. The minimum absolute atomic E-state index is 0.00342. The SMILES string of the molecule is CC(=O)Nc1cccc(O[C@@H](C)C(=O)N2CC[NH+](Cc3ccccc3)CC2)c1. The molecule has 1 aliphatic rings. The molecule has 148 valence electrons. The van der Waals surface area contributed by atoms with Crippen molar-refractivity contribution < 1.29 is 19.2 Å².